The SMILES string of the molecule is CCNC(=O)[C@@H](C)Sc1nnc(COc2cc(C)cc(C)c2)n1N. The Morgan fingerprint density at radius 2 is 2.00 bits per heavy atom. The summed E-state index contributed by atoms with van der Waals surface area (Å²) >= 11 is 1.26. The number of carbonyl (C=O) groups is 1. The Hall–Kier alpha value is -2.22. The van der Waals surface area contributed by atoms with E-state index < -0.39 is 0 Å². The van der Waals surface area contributed by atoms with Crippen LogP contribution >= 0.6 is 11.8 Å². The minimum Gasteiger partial charge on any atom is -0.486 e. The molecule has 0 saturated heterocycles. The van der Waals surface area contributed by atoms with Crippen molar-refractivity contribution in [1.29, 1.82) is 0 Å². The Labute approximate surface area is 145 Å². The van der Waals surface area contributed by atoms with E-state index in [2.05, 4.69) is 21.6 Å². The molecule has 2 aromatic rings. The number of ether oxygens (including phenoxy) is 1. The number of amides is 1. The van der Waals surface area contributed by atoms with Gasteiger partial charge < -0.3 is 15.9 Å². The summed E-state index contributed by atoms with van der Waals surface area (Å²) in [5.74, 6) is 7.22. The maximum absolute atomic E-state index is 11.8. The Morgan fingerprint density at radius 3 is 2.62 bits per heavy atom. The van der Waals surface area contributed by atoms with Gasteiger partial charge in [-0.1, -0.05) is 17.8 Å². The molecule has 7 nitrogen and oxygen atoms in total. The zero-order valence-corrected chi connectivity index (χ0v) is 15.2. The summed E-state index contributed by atoms with van der Waals surface area (Å²) < 4.78 is 7.11. The van der Waals surface area contributed by atoms with Gasteiger partial charge in [-0.05, 0) is 51.0 Å². The lowest BCUT2D eigenvalue weighted by Gasteiger charge is -2.10. The topological polar surface area (TPSA) is 95.1 Å². The van der Waals surface area contributed by atoms with Crippen molar-refractivity contribution in [3.63, 3.8) is 0 Å². The average Bonchev–Trinajstić information content (AvgIpc) is 2.85. The van der Waals surface area contributed by atoms with E-state index in [-0.39, 0.29) is 17.8 Å². The van der Waals surface area contributed by atoms with E-state index in [0.29, 0.717) is 17.5 Å². The van der Waals surface area contributed by atoms with Crippen molar-refractivity contribution in [2.75, 3.05) is 12.4 Å². The predicted molar refractivity (Wildman–Crippen MR) is 94.4 cm³/mol. The lowest BCUT2D eigenvalue weighted by molar-refractivity contribution is -0.120. The largest absolute Gasteiger partial charge is 0.486 e. The number of nitrogens with one attached hydrogen (secondary N) is 1. The summed E-state index contributed by atoms with van der Waals surface area (Å²) in [7, 11) is 0. The van der Waals surface area contributed by atoms with Gasteiger partial charge in [-0.2, -0.15) is 0 Å². The molecule has 0 aliphatic carbocycles. The fourth-order valence-electron chi connectivity index (χ4n) is 2.18. The van der Waals surface area contributed by atoms with Crippen LogP contribution in [0.25, 0.3) is 0 Å². The number of hydrogen-bond donors (Lipinski definition) is 2. The van der Waals surface area contributed by atoms with Gasteiger partial charge in [0.1, 0.15) is 12.4 Å². The third-order valence-corrected chi connectivity index (χ3v) is 4.36. The highest BCUT2D eigenvalue weighted by Gasteiger charge is 2.19. The van der Waals surface area contributed by atoms with Gasteiger partial charge in [0, 0.05) is 6.54 Å². The molecule has 24 heavy (non-hydrogen) atoms. The number of nitrogens with zero attached hydrogens (tertiary/aromatic N) is 3. The number of thioether (sulfide) groups is 1. The first-order valence-corrected chi connectivity index (χ1v) is 8.63. The quantitative estimate of drug-likeness (QED) is 0.585. The van der Waals surface area contributed by atoms with Gasteiger partial charge in [-0.25, -0.2) is 4.68 Å². The molecule has 2 rings (SSSR count). The normalized spacial score (nSPS) is 12.0. The van der Waals surface area contributed by atoms with Crippen LogP contribution in [-0.2, 0) is 11.4 Å². The molecule has 0 spiro atoms. The molecule has 0 fully saturated rings. The number of aromatic nitrogens is 3. The van der Waals surface area contributed by atoms with Crippen molar-refractivity contribution >= 4 is 17.7 Å². The van der Waals surface area contributed by atoms with E-state index in [1.807, 2.05) is 32.9 Å². The van der Waals surface area contributed by atoms with Crippen molar-refractivity contribution in [3.05, 3.63) is 35.2 Å². The van der Waals surface area contributed by atoms with E-state index in [4.69, 9.17) is 10.6 Å². The first-order valence-electron chi connectivity index (χ1n) is 7.75. The van der Waals surface area contributed by atoms with Crippen molar-refractivity contribution in [2.45, 2.75) is 44.7 Å². The number of carbonyl (C=O) groups excluding carboxylic acids is 1. The number of nitrogens with two attached hydrogens (primary N) is 1. The maximum atomic E-state index is 11.8. The van der Waals surface area contributed by atoms with E-state index >= 15 is 0 Å². The molecule has 3 N–H and O–H groups in total. The molecule has 1 aromatic carbocycles. The standard InChI is InChI=1S/C16H23N5O2S/c1-5-18-15(22)12(4)24-16-20-19-14(21(16)17)9-23-13-7-10(2)6-11(3)8-13/h6-8,12H,5,9,17H2,1-4H3,(H,18,22)/t12-/m1/s1. The number of rotatable bonds is 7. The molecule has 1 aromatic heterocycles. The van der Waals surface area contributed by atoms with Gasteiger partial charge in [0.15, 0.2) is 5.82 Å². The molecule has 0 bridgehead atoms. The van der Waals surface area contributed by atoms with Crippen LogP contribution in [0.2, 0.25) is 0 Å². The van der Waals surface area contributed by atoms with Crippen LogP contribution in [0.5, 0.6) is 5.75 Å². The van der Waals surface area contributed by atoms with Gasteiger partial charge in [-0.15, -0.1) is 10.2 Å². The summed E-state index contributed by atoms with van der Waals surface area (Å²) in [5.41, 5.74) is 2.26. The zero-order valence-electron chi connectivity index (χ0n) is 14.4. The third kappa shape index (κ3) is 4.64. The Morgan fingerprint density at radius 1 is 1.33 bits per heavy atom. The molecule has 1 heterocycles. The van der Waals surface area contributed by atoms with Gasteiger partial charge >= 0.3 is 0 Å². The third-order valence-electron chi connectivity index (χ3n) is 3.30. The van der Waals surface area contributed by atoms with Crippen LogP contribution in [0.3, 0.4) is 0 Å². The lowest BCUT2D eigenvalue weighted by Crippen LogP contribution is -2.31. The minimum absolute atomic E-state index is 0.0569. The number of benzene rings is 1. The minimum atomic E-state index is -0.301. The van der Waals surface area contributed by atoms with Crippen LogP contribution in [0, 0.1) is 13.8 Å². The summed E-state index contributed by atoms with van der Waals surface area (Å²) in [6.45, 7) is 8.52. The molecule has 0 saturated carbocycles. The molecule has 1 amide bonds. The molecular formula is C16H23N5O2S. The Balaban J connectivity index is 2.00. The Kier molecular flexibility index (Phi) is 6.08. The highest BCUT2D eigenvalue weighted by Crippen LogP contribution is 2.22. The van der Waals surface area contributed by atoms with E-state index in [1.165, 1.54) is 16.4 Å². The summed E-state index contributed by atoms with van der Waals surface area (Å²) in [6.07, 6.45) is 0. The van der Waals surface area contributed by atoms with Crippen LogP contribution in [-0.4, -0.2) is 32.6 Å². The maximum Gasteiger partial charge on any atom is 0.233 e. The van der Waals surface area contributed by atoms with Crippen LogP contribution in [0.4, 0.5) is 0 Å². The first kappa shape index (κ1) is 18.1. The monoisotopic (exact) mass is 349 g/mol. The summed E-state index contributed by atoms with van der Waals surface area (Å²) in [6, 6.07) is 5.99. The molecule has 0 unspecified atom stereocenters. The van der Waals surface area contributed by atoms with Crippen molar-refractivity contribution < 1.29 is 9.53 Å². The fraction of sp³-hybridized carbons (Fsp3) is 0.438. The molecule has 0 aliphatic rings. The molecule has 1 atom stereocenters. The van der Waals surface area contributed by atoms with E-state index in [0.717, 1.165) is 16.9 Å². The molecular weight excluding hydrogens is 326 g/mol. The summed E-state index contributed by atoms with van der Waals surface area (Å²) in [4.78, 5) is 11.8. The van der Waals surface area contributed by atoms with Crippen molar-refractivity contribution in [2.24, 2.45) is 0 Å². The highest BCUT2D eigenvalue weighted by atomic mass is 32.2. The van der Waals surface area contributed by atoms with Crippen LogP contribution in [0.1, 0.15) is 30.8 Å². The second kappa shape index (κ2) is 8.05. The molecule has 0 radical (unpaired) electrons. The Bertz CT molecular complexity index is 696. The van der Waals surface area contributed by atoms with Gasteiger partial charge in [0.2, 0.25) is 11.1 Å². The smallest absolute Gasteiger partial charge is 0.233 e. The molecule has 130 valence electrons. The van der Waals surface area contributed by atoms with Crippen LogP contribution < -0.4 is 15.9 Å². The van der Waals surface area contributed by atoms with E-state index in [1.54, 1.807) is 6.92 Å². The summed E-state index contributed by atoms with van der Waals surface area (Å²) in [5, 5.41) is 11.0. The highest BCUT2D eigenvalue weighted by molar-refractivity contribution is 8.00. The average molecular weight is 349 g/mol. The second-order valence-corrected chi connectivity index (χ2v) is 6.84. The van der Waals surface area contributed by atoms with Gasteiger partial charge in [0.05, 0.1) is 5.25 Å². The van der Waals surface area contributed by atoms with Gasteiger partial charge in [-0.3, -0.25) is 4.79 Å². The molecule has 0 aliphatic heterocycles. The van der Waals surface area contributed by atoms with Crippen LogP contribution in [0.15, 0.2) is 23.4 Å². The number of aryl methyl sites for hydroxylation is 2. The number of hydrogen-bond acceptors (Lipinski definition) is 6. The van der Waals surface area contributed by atoms with Gasteiger partial charge in [0.25, 0.3) is 0 Å². The zero-order chi connectivity index (χ0) is 17.7. The van der Waals surface area contributed by atoms with Crippen molar-refractivity contribution in [3.8, 4) is 5.75 Å². The first-order chi connectivity index (χ1) is 11.4. The molecule has 8 heteroatoms. The number of nitrogen functional groups attached to an aromatic ring is 1. The fourth-order valence-corrected chi connectivity index (χ4v) is 2.99. The predicted octanol–water partition coefficient (Wildman–Crippen LogP) is 1.80. The lowest BCUT2D eigenvalue weighted by atomic mass is 10.1. The second-order valence-electron chi connectivity index (χ2n) is 5.54. The van der Waals surface area contributed by atoms with Crippen molar-refractivity contribution in [1.82, 2.24) is 20.2 Å². The van der Waals surface area contributed by atoms with E-state index in [9.17, 15) is 4.79 Å².